The van der Waals surface area contributed by atoms with Gasteiger partial charge in [-0.3, -0.25) is 0 Å². The third-order valence-corrected chi connectivity index (χ3v) is 12.5. The Morgan fingerprint density at radius 2 is 1.03 bits per heavy atom. The average molecular weight is 744 g/mol. The molecule has 1 aliphatic rings. The lowest BCUT2D eigenvalue weighted by molar-refractivity contribution is 0.660. The number of para-hydroxylation sites is 1. The number of hydrogen-bond acceptors (Lipinski definition) is 3. The predicted molar refractivity (Wildman–Crippen MR) is 242 cm³/mol. The zero-order valence-corrected chi connectivity index (χ0v) is 32.2. The van der Waals surface area contributed by atoms with E-state index < -0.39 is 0 Å². The minimum atomic E-state index is -0.171. The Hall–Kier alpha value is -7.36. The van der Waals surface area contributed by atoms with Crippen LogP contribution in [0.3, 0.4) is 0 Å². The fraction of sp³-hybridized carbons (Fsp3) is 0.0545. The van der Waals surface area contributed by atoms with Gasteiger partial charge in [0.2, 0.25) is 0 Å². The Kier molecular flexibility index (Phi) is 6.98. The minimum Gasteiger partial charge on any atom is -0.456 e. The van der Waals surface area contributed by atoms with E-state index in [9.17, 15) is 0 Å². The summed E-state index contributed by atoms with van der Waals surface area (Å²) in [6.45, 7) is 4.69. The zero-order valence-electron chi connectivity index (χ0n) is 32.2. The molecule has 0 atom stereocenters. The lowest BCUT2D eigenvalue weighted by Gasteiger charge is -2.29. The first-order chi connectivity index (χ1) is 28.5. The number of nitrogens with zero attached hydrogens (tertiary/aromatic N) is 1. The summed E-state index contributed by atoms with van der Waals surface area (Å²) in [6.07, 6.45) is 0. The molecule has 0 amide bonds. The van der Waals surface area contributed by atoms with Gasteiger partial charge in [-0.15, -0.1) is 0 Å². The molecule has 274 valence electrons. The van der Waals surface area contributed by atoms with Crippen molar-refractivity contribution in [2.45, 2.75) is 19.3 Å². The molecule has 58 heavy (non-hydrogen) atoms. The molecule has 9 aromatic carbocycles. The van der Waals surface area contributed by atoms with E-state index >= 15 is 0 Å². The van der Waals surface area contributed by atoms with E-state index in [0.29, 0.717) is 0 Å². The van der Waals surface area contributed by atoms with Crippen LogP contribution in [0, 0.1) is 0 Å². The smallest absolute Gasteiger partial charge is 0.143 e. The molecule has 1 aliphatic carbocycles. The maximum absolute atomic E-state index is 7.00. The standard InChI is InChI=1S/C55H37NO2/c1-55(2)47-18-10-8-16-42(47)43-28-25-39(32-48(43)55)56(40-26-29-45-44-17-9-11-19-50(44)57-51(45)33-40)49-30-38(36-22-20-35(21-23-36)34-12-4-3-5-13-34)31-52-53(49)46-27-24-37-14-6-7-15-41(37)54(46)58-52/h3-33H,1-2H3. The Morgan fingerprint density at radius 1 is 0.397 bits per heavy atom. The summed E-state index contributed by atoms with van der Waals surface area (Å²) in [5.74, 6) is 0. The highest BCUT2D eigenvalue weighted by Crippen LogP contribution is 2.52. The number of furan rings is 2. The highest BCUT2D eigenvalue weighted by molar-refractivity contribution is 6.20. The van der Waals surface area contributed by atoms with Gasteiger partial charge in [0.15, 0.2) is 0 Å². The van der Waals surface area contributed by atoms with Crippen LogP contribution in [0.4, 0.5) is 17.1 Å². The molecule has 0 fully saturated rings. The largest absolute Gasteiger partial charge is 0.456 e. The Bertz CT molecular complexity index is 3420. The molecule has 0 unspecified atom stereocenters. The minimum absolute atomic E-state index is 0.171. The molecule has 0 saturated heterocycles. The highest BCUT2D eigenvalue weighted by atomic mass is 16.3. The molecular formula is C55H37NO2. The molecule has 3 nitrogen and oxygen atoms in total. The third-order valence-electron chi connectivity index (χ3n) is 12.5. The molecule has 3 heteroatoms. The first kappa shape index (κ1) is 32.8. The molecule has 11 aromatic rings. The molecule has 0 saturated carbocycles. The van der Waals surface area contributed by atoms with Crippen molar-refractivity contribution in [2.24, 2.45) is 0 Å². The average Bonchev–Trinajstić information content (AvgIpc) is 3.92. The first-order valence-corrected chi connectivity index (χ1v) is 20.0. The molecule has 0 spiro atoms. The van der Waals surface area contributed by atoms with Crippen LogP contribution >= 0.6 is 0 Å². The van der Waals surface area contributed by atoms with E-state index in [4.69, 9.17) is 8.83 Å². The molecular weight excluding hydrogens is 707 g/mol. The van der Waals surface area contributed by atoms with Crippen molar-refractivity contribution in [3.63, 3.8) is 0 Å². The summed E-state index contributed by atoms with van der Waals surface area (Å²) in [5.41, 5.74) is 16.3. The van der Waals surface area contributed by atoms with Crippen LogP contribution in [0.15, 0.2) is 197 Å². The molecule has 12 rings (SSSR count). The van der Waals surface area contributed by atoms with Crippen LogP contribution in [0.1, 0.15) is 25.0 Å². The van der Waals surface area contributed by atoms with Gasteiger partial charge in [-0.05, 0) is 98.4 Å². The molecule has 0 aliphatic heterocycles. The van der Waals surface area contributed by atoms with Gasteiger partial charge in [0, 0.05) is 44.4 Å². The lowest BCUT2D eigenvalue weighted by Crippen LogP contribution is -2.16. The summed E-state index contributed by atoms with van der Waals surface area (Å²) in [7, 11) is 0. The molecule has 0 N–H and O–H groups in total. The second-order valence-corrected chi connectivity index (χ2v) is 16.1. The van der Waals surface area contributed by atoms with Crippen LogP contribution in [-0.4, -0.2) is 0 Å². The quantitative estimate of drug-likeness (QED) is 0.176. The summed E-state index contributed by atoms with van der Waals surface area (Å²) < 4.78 is 13.5. The normalized spacial score (nSPS) is 13.1. The molecule has 0 bridgehead atoms. The van der Waals surface area contributed by atoms with Crippen molar-refractivity contribution in [1.82, 2.24) is 0 Å². The Morgan fingerprint density at radius 3 is 1.90 bits per heavy atom. The van der Waals surface area contributed by atoms with Gasteiger partial charge in [-0.2, -0.15) is 0 Å². The number of fused-ring (bicyclic) bond motifs is 11. The van der Waals surface area contributed by atoms with Gasteiger partial charge >= 0.3 is 0 Å². The van der Waals surface area contributed by atoms with Crippen molar-refractivity contribution < 1.29 is 8.83 Å². The van der Waals surface area contributed by atoms with Gasteiger partial charge in [0.25, 0.3) is 0 Å². The Balaban J connectivity index is 1.15. The van der Waals surface area contributed by atoms with Gasteiger partial charge in [-0.1, -0.05) is 147 Å². The summed E-state index contributed by atoms with van der Waals surface area (Å²) >= 11 is 0. The number of rotatable bonds is 5. The van der Waals surface area contributed by atoms with Crippen molar-refractivity contribution in [1.29, 1.82) is 0 Å². The van der Waals surface area contributed by atoms with Gasteiger partial charge in [-0.25, -0.2) is 0 Å². The number of hydrogen-bond donors (Lipinski definition) is 0. The Labute approximate surface area is 336 Å². The summed E-state index contributed by atoms with van der Waals surface area (Å²) in [5, 5.41) is 6.62. The number of anilines is 3. The lowest BCUT2D eigenvalue weighted by atomic mass is 9.82. The van der Waals surface area contributed by atoms with Crippen molar-refractivity contribution >= 4 is 71.7 Å². The fourth-order valence-electron chi connectivity index (χ4n) is 9.55. The number of benzene rings is 9. The zero-order chi connectivity index (χ0) is 38.5. The summed E-state index contributed by atoms with van der Waals surface area (Å²) in [6, 6.07) is 67.7. The first-order valence-electron chi connectivity index (χ1n) is 20.0. The predicted octanol–water partition coefficient (Wildman–Crippen LogP) is 15.7. The van der Waals surface area contributed by atoms with E-state index in [1.165, 1.54) is 33.4 Å². The van der Waals surface area contributed by atoms with E-state index in [-0.39, 0.29) is 5.41 Å². The van der Waals surface area contributed by atoms with Gasteiger partial charge in [0.05, 0.1) is 11.1 Å². The van der Waals surface area contributed by atoms with Crippen LogP contribution in [0.25, 0.3) is 88.0 Å². The maximum Gasteiger partial charge on any atom is 0.143 e. The van der Waals surface area contributed by atoms with E-state index in [0.717, 1.165) is 82.8 Å². The van der Waals surface area contributed by atoms with Crippen molar-refractivity contribution in [3.8, 4) is 33.4 Å². The van der Waals surface area contributed by atoms with Crippen LogP contribution in [0.5, 0.6) is 0 Å². The maximum atomic E-state index is 7.00. The van der Waals surface area contributed by atoms with Gasteiger partial charge < -0.3 is 13.7 Å². The van der Waals surface area contributed by atoms with Crippen LogP contribution in [-0.2, 0) is 5.41 Å². The van der Waals surface area contributed by atoms with Crippen molar-refractivity contribution in [2.75, 3.05) is 4.90 Å². The van der Waals surface area contributed by atoms with Crippen LogP contribution < -0.4 is 4.90 Å². The monoisotopic (exact) mass is 743 g/mol. The third kappa shape index (κ3) is 4.86. The fourth-order valence-corrected chi connectivity index (χ4v) is 9.55. The topological polar surface area (TPSA) is 29.5 Å². The molecule has 2 aromatic heterocycles. The summed E-state index contributed by atoms with van der Waals surface area (Å²) in [4.78, 5) is 2.42. The van der Waals surface area contributed by atoms with E-state index in [1.54, 1.807) is 0 Å². The van der Waals surface area contributed by atoms with Crippen LogP contribution in [0.2, 0.25) is 0 Å². The molecule has 2 heterocycles. The van der Waals surface area contributed by atoms with E-state index in [2.05, 4.69) is 195 Å². The second-order valence-electron chi connectivity index (χ2n) is 16.1. The SMILES string of the molecule is CC1(C)c2ccccc2-c2ccc(N(c3ccc4c(c3)oc3ccccc34)c3cc(-c4ccc(-c5ccccc5)cc4)cc4oc5c6ccccc6ccc5c34)cc21. The van der Waals surface area contributed by atoms with Gasteiger partial charge in [0.1, 0.15) is 22.3 Å². The highest BCUT2D eigenvalue weighted by Gasteiger charge is 2.36. The van der Waals surface area contributed by atoms with E-state index in [1.807, 2.05) is 12.1 Å². The van der Waals surface area contributed by atoms with Crippen molar-refractivity contribution in [3.05, 3.63) is 199 Å². The molecule has 0 radical (unpaired) electrons. The second kappa shape index (κ2) is 12.3.